The Bertz CT molecular complexity index is 366. The molecule has 1 aliphatic rings. The van der Waals surface area contributed by atoms with Crippen LogP contribution in [0.4, 0.5) is 0 Å². The topological polar surface area (TPSA) is 43.1 Å². The van der Waals surface area contributed by atoms with E-state index >= 15 is 0 Å². The van der Waals surface area contributed by atoms with Gasteiger partial charge in [-0.15, -0.1) is 0 Å². The fourth-order valence-electron chi connectivity index (χ4n) is 1.06. The first-order chi connectivity index (χ1) is 7.38. The van der Waals surface area contributed by atoms with Gasteiger partial charge in [-0.1, -0.05) is 24.0 Å². The van der Waals surface area contributed by atoms with E-state index in [1.807, 2.05) is 12.1 Å². The number of carbonyl (C=O) groups is 1. The summed E-state index contributed by atoms with van der Waals surface area (Å²) in [5.74, 6) is 6.89. The van der Waals surface area contributed by atoms with Crippen LogP contribution in [-0.2, 0) is 0 Å². The lowest BCUT2D eigenvalue weighted by atomic mass is 10.1. The Morgan fingerprint density at radius 1 is 1.27 bits per heavy atom. The highest BCUT2D eigenvalue weighted by Gasteiger charge is 2.17. The van der Waals surface area contributed by atoms with Gasteiger partial charge < -0.3 is 5.73 Å². The van der Waals surface area contributed by atoms with Gasteiger partial charge in [0.2, 0.25) is 0 Å². The molecule has 0 heterocycles. The Morgan fingerprint density at radius 3 is 2.33 bits per heavy atom. The van der Waals surface area contributed by atoms with Gasteiger partial charge in [-0.05, 0) is 32.0 Å². The standard InChI is InChI=1S/C12H10O.CH5N/c13-9-12-7-5-11(6-8-12)4-3-10-1-2-10;1-2/h5-10H,1-2H2;2H2,1H3. The zero-order valence-electron chi connectivity index (χ0n) is 8.86. The molecule has 0 atom stereocenters. The minimum Gasteiger partial charge on any atom is -0.333 e. The number of nitrogens with two attached hydrogens (primary N) is 1. The largest absolute Gasteiger partial charge is 0.333 e. The number of rotatable bonds is 1. The number of hydrogen-bond acceptors (Lipinski definition) is 2. The number of benzene rings is 1. The van der Waals surface area contributed by atoms with E-state index in [1.165, 1.54) is 19.9 Å². The lowest BCUT2D eigenvalue weighted by molar-refractivity contribution is 0.112. The molecule has 2 rings (SSSR count). The molecule has 0 radical (unpaired) electrons. The van der Waals surface area contributed by atoms with Crippen LogP contribution in [0.1, 0.15) is 28.8 Å². The van der Waals surface area contributed by atoms with Crippen LogP contribution >= 0.6 is 0 Å². The van der Waals surface area contributed by atoms with Crippen LogP contribution in [0.3, 0.4) is 0 Å². The molecule has 0 aromatic heterocycles. The van der Waals surface area contributed by atoms with Crippen molar-refractivity contribution in [2.24, 2.45) is 11.7 Å². The first kappa shape index (κ1) is 11.5. The van der Waals surface area contributed by atoms with Crippen molar-refractivity contribution in [3.8, 4) is 11.8 Å². The second-order valence-electron chi connectivity index (χ2n) is 3.28. The predicted molar refractivity (Wildman–Crippen MR) is 61.5 cm³/mol. The first-order valence-electron chi connectivity index (χ1n) is 5.03. The normalized spacial score (nSPS) is 12.9. The molecule has 78 valence electrons. The molecule has 0 bridgehead atoms. The van der Waals surface area contributed by atoms with Gasteiger partial charge in [0.25, 0.3) is 0 Å². The number of aldehydes is 1. The summed E-state index contributed by atoms with van der Waals surface area (Å²) in [4.78, 5) is 10.4. The van der Waals surface area contributed by atoms with E-state index in [2.05, 4.69) is 17.6 Å². The molecule has 15 heavy (non-hydrogen) atoms. The van der Waals surface area contributed by atoms with Crippen LogP contribution in [0, 0.1) is 17.8 Å². The van der Waals surface area contributed by atoms with Crippen LogP contribution < -0.4 is 5.73 Å². The molecule has 0 unspecified atom stereocenters. The molecule has 0 saturated heterocycles. The van der Waals surface area contributed by atoms with E-state index in [0.717, 1.165) is 11.8 Å². The highest BCUT2D eigenvalue weighted by molar-refractivity contribution is 5.74. The summed E-state index contributed by atoms with van der Waals surface area (Å²) in [5.41, 5.74) is 6.20. The van der Waals surface area contributed by atoms with Crippen LogP contribution in [0.25, 0.3) is 0 Å². The minimum absolute atomic E-state index is 0.630. The van der Waals surface area contributed by atoms with Gasteiger partial charge in [0.1, 0.15) is 6.29 Å². The molecule has 2 N–H and O–H groups in total. The van der Waals surface area contributed by atoms with Crippen LogP contribution in [0.15, 0.2) is 24.3 Å². The van der Waals surface area contributed by atoms with Crippen molar-refractivity contribution >= 4 is 6.29 Å². The van der Waals surface area contributed by atoms with Crippen molar-refractivity contribution in [3.63, 3.8) is 0 Å². The average Bonchev–Trinajstić information content (AvgIpc) is 3.14. The fourth-order valence-corrected chi connectivity index (χ4v) is 1.06. The van der Waals surface area contributed by atoms with E-state index in [1.54, 1.807) is 12.1 Å². The van der Waals surface area contributed by atoms with Crippen molar-refractivity contribution < 1.29 is 4.79 Å². The van der Waals surface area contributed by atoms with E-state index in [9.17, 15) is 4.79 Å². The van der Waals surface area contributed by atoms with Crippen molar-refractivity contribution in [2.45, 2.75) is 12.8 Å². The fraction of sp³-hybridized carbons (Fsp3) is 0.308. The Hall–Kier alpha value is -1.59. The smallest absolute Gasteiger partial charge is 0.150 e. The third-order valence-electron chi connectivity index (χ3n) is 2.04. The highest BCUT2D eigenvalue weighted by Crippen LogP contribution is 2.27. The molecular weight excluding hydrogens is 186 g/mol. The summed E-state index contributed by atoms with van der Waals surface area (Å²) < 4.78 is 0. The third kappa shape index (κ3) is 3.97. The van der Waals surface area contributed by atoms with E-state index in [4.69, 9.17) is 0 Å². The van der Waals surface area contributed by atoms with Crippen LogP contribution in [-0.4, -0.2) is 13.3 Å². The van der Waals surface area contributed by atoms with Crippen molar-refractivity contribution in [3.05, 3.63) is 35.4 Å². The first-order valence-corrected chi connectivity index (χ1v) is 5.03. The second-order valence-corrected chi connectivity index (χ2v) is 3.28. The van der Waals surface area contributed by atoms with Gasteiger partial charge in [0.05, 0.1) is 0 Å². The maximum Gasteiger partial charge on any atom is 0.150 e. The SMILES string of the molecule is CN.O=Cc1ccc(C#CC2CC2)cc1. The van der Waals surface area contributed by atoms with E-state index in [-0.39, 0.29) is 0 Å². The average molecular weight is 201 g/mol. The maximum absolute atomic E-state index is 10.4. The zero-order valence-corrected chi connectivity index (χ0v) is 8.86. The van der Waals surface area contributed by atoms with Gasteiger partial charge in [0.15, 0.2) is 0 Å². The van der Waals surface area contributed by atoms with Gasteiger partial charge in [-0.3, -0.25) is 4.79 Å². The quantitative estimate of drug-likeness (QED) is 0.556. The van der Waals surface area contributed by atoms with Gasteiger partial charge >= 0.3 is 0 Å². The molecule has 2 nitrogen and oxygen atoms in total. The van der Waals surface area contributed by atoms with Crippen molar-refractivity contribution in [2.75, 3.05) is 7.05 Å². The summed E-state index contributed by atoms with van der Waals surface area (Å²) in [5, 5.41) is 0. The molecule has 0 aliphatic heterocycles. The molecule has 1 aromatic rings. The lowest BCUT2D eigenvalue weighted by Crippen LogP contribution is -1.79. The number of hydrogen-bond donors (Lipinski definition) is 1. The molecule has 1 saturated carbocycles. The second kappa shape index (κ2) is 6.00. The molecule has 1 aliphatic carbocycles. The van der Waals surface area contributed by atoms with Crippen LogP contribution in [0.2, 0.25) is 0 Å². The Labute approximate surface area is 90.5 Å². The van der Waals surface area contributed by atoms with Crippen molar-refractivity contribution in [1.29, 1.82) is 0 Å². The predicted octanol–water partition coefficient (Wildman–Crippen LogP) is 1.84. The van der Waals surface area contributed by atoms with Gasteiger partial charge in [-0.25, -0.2) is 0 Å². The lowest BCUT2D eigenvalue weighted by Gasteiger charge is -1.90. The van der Waals surface area contributed by atoms with Gasteiger partial charge in [-0.2, -0.15) is 0 Å². The number of carbonyl (C=O) groups excluding carboxylic acids is 1. The zero-order chi connectivity index (χ0) is 11.1. The highest BCUT2D eigenvalue weighted by atomic mass is 16.1. The van der Waals surface area contributed by atoms with Gasteiger partial charge in [0, 0.05) is 17.0 Å². The summed E-state index contributed by atoms with van der Waals surface area (Å²) in [7, 11) is 1.50. The molecule has 2 heteroatoms. The Morgan fingerprint density at radius 2 is 1.87 bits per heavy atom. The van der Waals surface area contributed by atoms with E-state index < -0.39 is 0 Å². The molecule has 1 aromatic carbocycles. The summed E-state index contributed by atoms with van der Waals surface area (Å²) in [6, 6.07) is 7.37. The molecular formula is C13H15NO. The minimum atomic E-state index is 0.630. The third-order valence-corrected chi connectivity index (χ3v) is 2.04. The maximum atomic E-state index is 10.4. The van der Waals surface area contributed by atoms with Crippen molar-refractivity contribution in [1.82, 2.24) is 0 Å². The molecule has 1 fully saturated rings. The molecule has 0 amide bonds. The van der Waals surface area contributed by atoms with E-state index in [0.29, 0.717) is 11.5 Å². The Kier molecular flexibility index (Phi) is 4.59. The summed E-state index contributed by atoms with van der Waals surface area (Å²) in [6.07, 6.45) is 3.34. The molecule has 0 spiro atoms. The monoisotopic (exact) mass is 201 g/mol. The van der Waals surface area contributed by atoms with Crippen LogP contribution in [0.5, 0.6) is 0 Å². The summed E-state index contributed by atoms with van der Waals surface area (Å²) in [6.45, 7) is 0. The Balaban J connectivity index is 0.000000531. The summed E-state index contributed by atoms with van der Waals surface area (Å²) >= 11 is 0.